The van der Waals surface area contributed by atoms with E-state index in [1.807, 2.05) is 27.7 Å². The van der Waals surface area contributed by atoms with Crippen LogP contribution >= 0.6 is 0 Å². The van der Waals surface area contributed by atoms with Gasteiger partial charge in [-0.05, 0) is 30.0 Å². The van der Waals surface area contributed by atoms with Gasteiger partial charge in [-0.2, -0.15) is 0 Å². The van der Waals surface area contributed by atoms with Crippen LogP contribution < -0.4 is 16.6 Å². The Morgan fingerprint density at radius 3 is 2.31 bits per heavy atom. The first kappa shape index (κ1) is 24.1. The van der Waals surface area contributed by atoms with Gasteiger partial charge in [-0.3, -0.25) is 19.0 Å². The van der Waals surface area contributed by atoms with E-state index in [1.165, 1.54) is 15.0 Å². The molecule has 0 saturated heterocycles. The number of rotatable bonds is 8. The smallest absolute Gasteiger partial charge is 0.352 e. The van der Waals surface area contributed by atoms with Gasteiger partial charge in [0.1, 0.15) is 6.54 Å². The van der Waals surface area contributed by atoms with Crippen LogP contribution in [0.25, 0.3) is 16.7 Å². The lowest BCUT2D eigenvalue weighted by molar-refractivity contribution is 0.0946. The Kier molecular flexibility index (Phi) is 6.68. The fraction of sp³-hybridized carbons (Fsp3) is 0.346. The summed E-state index contributed by atoms with van der Waals surface area (Å²) in [5, 5.41) is 7.54. The van der Waals surface area contributed by atoms with Crippen LogP contribution in [0.1, 0.15) is 48.4 Å². The van der Waals surface area contributed by atoms with Crippen LogP contribution in [0.2, 0.25) is 0 Å². The number of hydrogen-bond donors (Lipinski definition) is 1. The average molecular weight is 476 g/mol. The summed E-state index contributed by atoms with van der Waals surface area (Å²) in [6.07, 6.45) is 0. The van der Waals surface area contributed by atoms with Gasteiger partial charge in [0, 0.05) is 24.2 Å². The van der Waals surface area contributed by atoms with Gasteiger partial charge in [-0.1, -0.05) is 58.0 Å². The summed E-state index contributed by atoms with van der Waals surface area (Å²) in [6.45, 7) is 8.49. The summed E-state index contributed by atoms with van der Waals surface area (Å²) in [4.78, 5) is 52.3. The Hall–Kier alpha value is -4.01. The van der Waals surface area contributed by atoms with E-state index < -0.39 is 5.69 Å². The van der Waals surface area contributed by atoms with E-state index >= 15 is 0 Å². The second-order valence-electron chi connectivity index (χ2n) is 9.51. The van der Waals surface area contributed by atoms with E-state index in [0.717, 1.165) is 4.68 Å². The van der Waals surface area contributed by atoms with Crippen molar-refractivity contribution < 1.29 is 9.59 Å². The molecule has 2 aromatic heterocycles. The third-order valence-corrected chi connectivity index (χ3v) is 5.65. The standard InChI is InChI=1S/C26H29N5O4/c1-16(2)13-27-23(33)19-10-11-20-21(12-19)31-25(29(24(20)34)14-17(3)4)28-30(26(31)35)15-22(32)18-8-6-5-7-9-18/h5-12,16-17H,13-15H2,1-4H3,(H,27,33). The quantitative estimate of drug-likeness (QED) is 0.394. The third-order valence-electron chi connectivity index (χ3n) is 5.65. The molecule has 2 heterocycles. The van der Waals surface area contributed by atoms with E-state index in [4.69, 9.17) is 0 Å². The number of Topliss-reactive ketones (excluding diaryl/α,β-unsaturated/α-hetero) is 1. The van der Waals surface area contributed by atoms with Crippen molar-refractivity contribution in [3.8, 4) is 0 Å². The van der Waals surface area contributed by atoms with E-state index in [2.05, 4.69) is 10.4 Å². The molecule has 35 heavy (non-hydrogen) atoms. The largest absolute Gasteiger partial charge is 0.352 e. The molecule has 0 atom stereocenters. The molecule has 1 amide bonds. The van der Waals surface area contributed by atoms with Crippen LogP contribution in [0.15, 0.2) is 58.1 Å². The summed E-state index contributed by atoms with van der Waals surface area (Å²) in [5.41, 5.74) is 0.226. The first-order valence-corrected chi connectivity index (χ1v) is 11.7. The SMILES string of the molecule is CC(C)CNC(=O)c1ccc2c(=O)n(CC(C)C)c3nn(CC(=O)c4ccccc4)c(=O)n3c2c1. The lowest BCUT2D eigenvalue weighted by Crippen LogP contribution is -2.29. The number of fused-ring (bicyclic) bond motifs is 3. The molecular formula is C26H29N5O4. The third kappa shape index (κ3) is 4.80. The molecule has 4 aromatic rings. The summed E-state index contributed by atoms with van der Waals surface area (Å²) in [6, 6.07) is 13.3. The molecule has 0 saturated carbocycles. The topological polar surface area (TPSA) is 107 Å². The van der Waals surface area contributed by atoms with Crippen molar-refractivity contribution in [3.63, 3.8) is 0 Å². The number of ketones is 1. The van der Waals surface area contributed by atoms with Gasteiger partial charge in [0.15, 0.2) is 5.78 Å². The molecule has 9 nitrogen and oxygen atoms in total. The van der Waals surface area contributed by atoms with Crippen molar-refractivity contribution in [1.29, 1.82) is 0 Å². The zero-order valence-corrected chi connectivity index (χ0v) is 20.3. The lowest BCUT2D eigenvalue weighted by Gasteiger charge is -2.13. The summed E-state index contributed by atoms with van der Waals surface area (Å²) in [5.74, 6) is -0.0351. The second kappa shape index (κ2) is 9.69. The highest BCUT2D eigenvalue weighted by molar-refractivity contribution is 5.98. The van der Waals surface area contributed by atoms with Crippen molar-refractivity contribution in [1.82, 2.24) is 24.1 Å². The number of hydrogen-bond acceptors (Lipinski definition) is 5. The molecule has 0 aliphatic heterocycles. The lowest BCUT2D eigenvalue weighted by atomic mass is 10.1. The van der Waals surface area contributed by atoms with Crippen LogP contribution in [-0.2, 0) is 13.1 Å². The molecule has 0 fully saturated rings. The van der Waals surface area contributed by atoms with Crippen molar-refractivity contribution in [3.05, 3.63) is 80.5 Å². The fourth-order valence-electron chi connectivity index (χ4n) is 3.94. The van der Waals surface area contributed by atoms with Crippen LogP contribution in [0, 0.1) is 11.8 Å². The summed E-state index contributed by atoms with van der Waals surface area (Å²) >= 11 is 0. The maximum Gasteiger partial charge on any atom is 0.352 e. The van der Waals surface area contributed by atoms with E-state index in [1.54, 1.807) is 42.5 Å². The first-order chi connectivity index (χ1) is 16.7. The van der Waals surface area contributed by atoms with Gasteiger partial charge in [0.05, 0.1) is 10.9 Å². The number of aromatic nitrogens is 4. The van der Waals surface area contributed by atoms with E-state index in [9.17, 15) is 19.2 Å². The maximum atomic E-state index is 13.5. The number of carbonyl (C=O) groups excluding carboxylic acids is 2. The Labute approximate surface area is 202 Å². The Balaban J connectivity index is 1.90. The fourth-order valence-corrected chi connectivity index (χ4v) is 3.94. The van der Waals surface area contributed by atoms with Crippen LogP contribution in [0.5, 0.6) is 0 Å². The zero-order chi connectivity index (χ0) is 25.3. The van der Waals surface area contributed by atoms with E-state index in [0.29, 0.717) is 29.6 Å². The minimum Gasteiger partial charge on any atom is -0.352 e. The van der Waals surface area contributed by atoms with Crippen molar-refractivity contribution in [2.45, 2.75) is 40.8 Å². The maximum absolute atomic E-state index is 13.5. The molecule has 0 bridgehead atoms. The molecule has 1 N–H and O–H groups in total. The van der Waals surface area contributed by atoms with Gasteiger partial charge in [0.2, 0.25) is 5.78 Å². The van der Waals surface area contributed by atoms with Gasteiger partial charge >= 0.3 is 5.69 Å². The molecule has 4 rings (SSSR count). The predicted octanol–water partition coefficient (Wildman–Crippen LogP) is 2.74. The van der Waals surface area contributed by atoms with Gasteiger partial charge < -0.3 is 5.32 Å². The molecule has 0 radical (unpaired) electrons. The van der Waals surface area contributed by atoms with Gasteiger partial charge in [-0.15, -0.1) is 5.10 Å². The van der Waals surface area contributed by atoms with Crippen molar-refractivity contribution in [2.75, 3.05) is 6.54 Å². The molecule has 2 aromatic carbocycles. The second-order valence-corrected chi connectivity index (χ2v) is 9.51. The highest BCUT2D eigenvalue weighted by Crippen LogP contribution is 2.15. The number of carbonyl (C=O) groups is 2. The van der Waals surface area contributed by atoms with Crippen molar-refractivity contribution in [2.24, 2.45) is 11.8 Å². The Morgan fingerprint density at radius 2 is 1.66 bits per heavy atom. The normalized spacial score (nSPS) is 11.6. The Morgan fingerprint density at radius 1 is 0.943 bits per heavy atom. The molecular weight excluding hydrogens is 446 g/mol. The molecule has 0 aliphatic carbocycles. The predicted molar refractivity (Wildman–Crippen MR) is 134 cm³/mol. The van der Waals surface area contributed by atoms with Crippen LogP contribution in [0.3, 0.4) is 0 Å². The van der Waals surface area contributed by atoms with Gasteiger partial charge in [-0.25, -0.2) is 13.9 Å². The summed E-state index contributed by atoms with van der Waals surface area (Å²) in [7, 11) is 0. The number of benzene rings is 2. The van der Waals surface area contributed by atoms with Crippen LogP contribution in [-0.4, -0.2) is 37.0 Å². The first-order valence-electron chi connectivity index (χ1n) is 11.7. The van der Waals surface area contributed by atoms with Crippen LogP contribution in [0.4, 0.5) is 0 Å². The Bertz CT molecular complexity index is 1530. The number of nitrogens with one attached hydrogen (secondary N) is 1. The highest BCUT2D eigenvalue weighted by Gasteiger charge is 2.21. The average Bonchev–Trinajstić information content (AvgIpc) is 3.15. The summed E-state index contributed by atoms with van der Waals surface area (Å²) < 4.78 is 3.85. The van der Waals surface area contributed by atoms with E-state index in [-0.39, 0.29) is 46.9 Å². The molecule has 0 aliphatic rings. The number of nitrogens with zero attached hydrogens (tertiary/aromatic N) is 4. The highest BCUT2D eigenvalue weighted by atomic mass is 16.2. The molecule has 182 valence electrons. The minimum absolute atomic E-state index is 0.112. The minimum atomic E-state index is -0.550. The molecule has 0 spiro atoms. The zero-order valence-electron chi connectivity index (χ0n) is 20.3. The number of amides is 1. The molecule has 0 unspecified atom stereocenters. The van der Waals surface area contributed by atoms with Gasteiger partial charge in [0.25, 0.3) is 11.5 Å². The monoisotopic (exact) mass is 475 g/mol. The van der Waals surface area contributed by atoms with Crippen molar-refractivity contribution >= 4 is 28.4 Å². The molecule has 9 heteroatoms.